The lowest BCUT2D eigenvalue weighted by molar-refractivity contribution is 0.473. The van der Waals surface area contributed by atoms with Crippen LogP contribution in [0.4, 0.5) is 5.69 Å². The number of para-hydroxylation sites is 1. The third kappa shape index (κ3) is 2.27. The lowest BCUT2D eigenvalue weighted by atomic mass is 10.0. The highest BCUT2D eigenvalue weighted by Crippen LogP contribution is 2.31. The van der Waals surface area contributed by atoms with Gasteiger partial charge in [-0.05, 0) is 45.0 Å². The fourth-order valence-corrected chi connectivity index (χ4v) is 2.70. The number of rotatable bonds is 3. The van der Waals surface area contributed by atoms with E-state index in [1.54, 1.807) is 0 Å². The summed E-state index contributed by atoms with van der Waals surface area (Å²) in [6.45, 7) is 4.35. The molecular weight excluding hydrogens is 210 g/mol. The molecule has 0 spiro atoms. The Balaban J connectivity index is 2.22. The minimum absolute atomic E-state index is 0.497. The fourth-order valence-electron chi connectivity index (χ4n) is 2.70. The maximum absolute atomic E-state index is 9.15. The molecule has 1 heterocycles. The molecule has 0 amide bonds. The normalized spacial score (nSPS) is 23.7. The monoisotopic (exact) mass is 229 g/mol. The molecule has 2 unspecified atom stereocenters. The second-order valence-electron chi connectivity index (χ2n) is 4.67. The first-order valence-electron chi connectivity index (χ1n) is 6.18. The number of hydrogen-bond donors (Lipinski definition) is 1. The van der Waals surface area contributed by atoms with E-state index in [1.165, 1.54) is 6.42 Å². The second kappa shape index (κ2) is 5.20. The predicted molar refractivity (Wildman–Crippen MR) is 70.0 cm³/mol. The van der Waals surface area contributed by atoms with Gasteiger partial charge in [-0.2, -0.15) is 5.26 Å². The molecular formula is C14H19N3. The molecule has 2 atom stereocenters. The van der Waals surface area contributed by atoms with Gasteiger partial charge in [-0.25, -0.2) is 0 Å². The number of nitrogens with zero attached hydrogens (tertiary/aromatic N) is 2. The highest BCUT2D eigenvalue weighted by atomic mass is 15.2. The molecule has 3 heteroatoms. The van der Waals surface area contributed by atoms with E-state index in [1.807, 2.05) is 25.2 Å². The molecule has 0 saturated carbocycles. The van der Waals surface area contributed by atoms with Crippen molar-refractivity contribution in [1.82, 2.24) is 5.32 Å². The Hall–Kier alpha value is -1.53. The summed E-state index contributed by atoms with van der Waals surface area (Å²) in [6.07, 6.45) is 1.20. The molecule has 1 fully saturated rings. The minimum Gasteiger partial charge on any atom is -0.367 e. The van der Waals surface area contributed by atoms with Crippen LogP contribution in [0.1, 0.15) is 18.9 Å². The molecule has 0 bridgehead atoms. The standard InChI is InChI=1S/C14H19N3/c1-11-13(10-16-2)7-8-17(11)14-6-4-3-5-12(14)9-15/h3-6,11,13,16H,7-8,10H2,1-2H3. The van der Waals surface area contributed by atoms with Gasteiger partial charge in [0.2, 0.25) is 0 Å². The molecule has 0 aromatic heterocycles. The topological polar surface area (TPSA) is 39.1 Å². The van der Waals surface area contributed by atoms with Crippen molar-refractivity contribution in [2.75, 3.05) is 25.0 Å². The number of hydrogen-bond acceptors (Lipinski definition) is 3. The van der Waals surface area contributed by atoms with Crippen molar-refractivity contribution >= 4 is 5.69 Å². The van der Waals surface area contributed by atoms with Crippen molar-refractivity contribution in [2.45, 2.75) is 19.4 Å². The van der Waals surface area contributed by atoms with Crippen LogP contribution in [0.15, 0.2) is 24.3 Å². The Bertz CT molecular complexity index is 422. The fraction of sp³-hybridized carbons (Fsp3) is 0.500. The van der Waals surface area contributed by atoms with E-state index < -0.39 is 0 Å². The lowest BCUT2D eigenvalue weighted by Gasteiger charge is -2.27. The van der Waals surface area contributed by atoms with E-state index >= 15 is 0 Å². The molecule has 1 aliphatic heterocycles. The minimum atomic E-state index is 0.497. The van der Waals surface area contributed by atoms with Gasteiger partial charge in [0, 0.05) is 12.6 Å². The Labute approximate surface area is 103 Å². The van der Waals surface area contributed by atoms with E-state index in [0.29, 0.717) is 12.0 Å². The SMILES string of the molecule is CNCC1CCN(c2ccccc2C#N)C1C. The van der Waals surface area contributed by atoms with Crippen molar-refractivity contribution in [3.05, 3.63) is 29.8 Å². The second-order valence-corrected chi connectivity index (χ2v) is 4.67. The molecule has 1 aromatic rings. The van der Waals surface area contributed by atoms with Gasteiger partial charge in [0.25, 0.3) is 0 Å². The maximum Gasteiger partial charge on any atom is 0.101 e. The molecule has 3 nitrogen and oxygen atoms in total. The third-order valence-electron chi connectivity index (χ3n) is 3.71. The zero-order valence-electron chi connectivity index (χ0n) is 10.5. The number of anilines is 1. The summed E-state index contributed by atoms with van der Waals surface area (Å²) in [5.41, 5.74) is 1.87. The van der Waals surface area contributed by atoms with Crippen LogP contribution in [0.2, 0.25) is 0 Å². The third-order valence-corrected chi connectivity index (χ3v) is 3.71. The molecule has 17 heavy (non-hydrogen) atoms. The highest BCUT2D eigenvalue weighted by Gasteiger charge is 2.31. The van der Waals surface area contributed by atoms with Gasteiger partial charge >= 0.3 is 0 Å². The van der Waals surface area contributed by atoms with Crippen molar-refractivity contribution in [3.63, 3.8) is 0 Å². The maximum atomic E-state index is 9.15. The van der Waals surface area contributed by atoms with Gasteiger partial charge in [-0.15, -0.1) is 0 Å². The van der Waals surface area contributed by atoms with E-state index in [2.05, 4.69) is 29.3 Å². The van der Waals surface area contributed by atoms with Crippen LogP contribution in [0.25, 0.3) is 0 Å². The Kier molecular flexibility index (Phi) is 3.65. The van der Waals surface area contributed by atoms with Gasteiger partial charge in [-0.1, -0.05) is 12.1 Å². The van der Waals surface area contributed by atoms with Gasteiger partial charge in [0.15, 0.2) is 0 Å². The molecule has 0 radical (unpaired) electrons. The predicted octanol–water partition coefficient (Wildman–Crippen LogP) is 1.99. The highest BCUT2D eigenvalue weighted by molar-refractivity contribution is 5.60. The van der Waals surface area contributed by atoms with Crippen LogP contribution in [-0.2, 0) is 0 Å². The summed E-state index contributed by atoms with van der Waals surface area (Å²) < 4.78 is 0. The lowest BCUT2D eigenvalue weighted by Crippen LogP contribution is -2.33. The average Bonchev–Trinajstić information content (AvgIpc) is 2.72. The van der Waals surface area contributed by atoms with Crippen LogP contribution in [-0.4, -0.2) is 26.2 Å². The molecule has 2 rings (SSSR count). The first-order chi connectivity index (χ1) is 8.27. The zero-order valence-corrected chi connectivity index (χ0v) is 10.5. The van der Waals surface area contributed by atoms with Gasteiger partial charge in [0.05, 0.1) is 11.3 Å². The van der Waals surface area contributed by atoms with Crippen LogP contribution in [0.3, 0.4) is 0 Å². The van der Waals surface area contributed by atoms with Crippen LogP contribution >= 0.6 is 0 Å². The first kappa shape index (κ1) is 11.9. The van der Waals surface area contributed by atoms with Crippen molar-refractivity contribution in [3.8, 4) is 6.07 Å². The molecule has 90 valence electrons. The number of benzene rings is 1. The molecule has 0 aliphatic carbocycles. The molecule has 1 N–H and O–H groups in total. The van der Waals surface area contributed by atoms with Crippen molar-refractivity contribution < 1.29 is 0 Å². The van der Waals surface area contributed by atoms with E-state index in [0.717, 1.165) is 24.3 Å². The first-order valence-corrected chi connectivity index (χ1v) is 6.18. The summed E-state index contributed by atoms with van der Waals surface area (Å²) in [7, 11) is 2.00. The van der Waals surface area contributed by atoms with E-state index in [-0.39, 0.29) is 0 Å². The Morgan fingerprint density at radius 3 is 2.94 bits per heavy atom. The molecule has 1 aliphatic rings. The van der Waals surface area contributed by atoms with Crippen molar-refractivity contribution in [1.29, 1.82) is 5.26 Å². The smallest absolute Gasteiger partial charge is 0.101 e. The van der Waals surface area contributed by atoms with Gasteiger partial charge in [-0.3, -0.25) is 0 Å². The van der Waals surface area contributed by atoms with Gasteiger partial charge < -0.3 is 10.2 Å². The quantitative estimate of drug-likeness (QED) is 0.861. The summed E-state index contributed by atoms with van der Waals surface area (Å²) in [5, 5.41) is 12.4. The van der Waals surface area contributed by atoms with Gasteiger partial charge in [0.1, 0.15) is 6.07 Å². The van der Waals surface area contributed by atoms with Crippen LogP contribution in [0, 0.1) is 17.2 Å². The molecule has 1 saturated heterocycles. The molecule has 1 aromatic carbocycles. The summed E-state index contributed by atoms with van der Waals surface area (Å²) in [5.74, 6) is 0.673. The number of nitriles is 1. The zero-order chi connectivity index (χ0) is 12.3. The Morgan fingerprint density at radius 1 is 1.47 bits per heavy atom. The van der Waals surface area contributed by atoms with E-state index in [4.69, 9.17) is 5.26 Å². The van der Waals surface area contributed by atoms with Crippen LogP contribution in [0.5, 0.6) is 0 Å². The average molecular weight is 229 g/mol. The summed E-state index contributed by atoms with van der Waals surface area (Å²) in [6, 6.07) is 10.7. The summed E-state index contributed by atoms with van der Waals surface area (Å²) in [4.78, 5) is 2.36. The largest absolute Gasteiger partial charge is 0.367 e. The van der Waals surface area contributed by atoms with Crippen LogP contribution < -0.4 is 10.2 Å². The number of nitrogens with one attached hydrogen (secondary N) is 1. The van der Waals surface area contributed by atoms with Crippen molar-refractivity contribution in [2.24, 2.45) is 5.92 Å². The Morgan fingerprint density at radius 2 is 2.24 bits per heavy atom. The summed E-state index contributed by atoms with van der Waals surface area (Å²) >= 11 is 0. The van der Waals surface area contributed by atoms with E-state index in [9.17, 15) is 0 Å².